The van der Waals surface area contributed by atoms with Crippen LogP contribution in [0.25, 0.3) is 0 Å². The van der Waals surface area contributed by atoms with E-state index in [9.17, 15) is 0 Å². The van der Waals surface area contributed by atoms with Crippen LogP contribution in [0.2, 0.25) is 0 Å². The van der Waals surface area contributed by atoms with E-state index < -0.39 is 0 Å². The molecule has 142 valence electrons. The van der Waals surface area contributed by atoms with Gasteiger partial charge >= 0.3 is 0 Å². The molecule has 2 aliphatic heterocycles. The lowest BCUT2D eigenvalue weighted by Crippen LogP contribution is -2.35. The smallest absolute Gasteiger partial charge is 0.160 e. The molecule has 0 unspecified atom stereocenters. The molecule has 4 nitrogen and oxygen atoms in total. The van der Waals surface area contributed by atoms with E-state index in [4.69, 9.17) is 4.99 Å². The number of nitrogens with zero attached hydrogens (tertiary/aromatic N) is 4. The first-order chi connectivity index (χ1) is 13.3. The van der Waals surface area contributed by atoms with Crippen molar-refractivity contribution >= 4 is 16.9 Å². The third-order valence-corrected chi connectivity index (χ3v) is 7.53. The predicted molar refractivity (Wildman–Crippen MR) is 112 cm³/mol. The fraction of sp³-hybridized carbons (Fsp3) is 0.545. The van der Waals surface area contributed by atoms with E-state index in [-0.39, 0.29) is 12.1 Å². The molecule has 0 radical (unpaired) electrons. The minimum absolute atomic E-state index is 0.102. The summed E-state index contributed by atoms with van der Waals surface area (Å²) < 4.78 is 2.48. The first-order valence-electron chi connectivity index (χ1n) is 10.4. The van der Waals surface area contributed by atoms with Crippen LogP contribution in [-0.2, 0) is 0 Å². The van der Waals surface area contributed by atoms with Crippen molar-refractivity contribution in [3.8, 4) is 0 Å². The Morgan fingerprint density at radius 1 is 1.15 bits per heavy atom. The van der Waals surface area contributed by atoms with Crippen molar-refractivity contribution in [2.24, 2.45) is 4.99 Å². The largest absolute Gasteiger partial charge is 0.351 e. The summed E-state index contributed by atoms with van der Waals surface area (Å²) in [4.78, 5) is 12.4. The second kappa shape index (κ2) is 7.34. The molecule has 2 aromatic rings. The molecular weight excluding hydrogens is 352 g/mol. The van der Waals surface area contributed by atoms with Gasteiger partial charge in [-0.25, -0.2) is 0 Å². The summed E-state index contributed by atoms with van der Waals surface area (Å²) in [7, 11) is 0. The van der Waals surface area contributed by atoms with E-state index in [1.807, 2.05) is 24.0 Å². The van der Waals surface area contributed by atoms with E-state index in [1.54, 1.807) is 0 Å². The molecule has 0 spiro atoms. The molecule has 3 aliphatic rings. The van der Waals surface area contributed by atoms with Crippen molar-refractivity contribution in [2.45, 2.75) is 69.6 Å². The Labute approximate surface area is 166 Å². The van der Waals surface area contributed by atoms with Crippen molar-refractivity contribution in [3.05, 3.63) is 54.1 Å². The molecule has 5 rings (SSSR count). The molecule has 3 atom stereocenters. The van der Waals surface area contributed by atoms with Crippen LogP contribution in [0, 0.1) is 0 Å². The average molecular weight is 381 g/mol. The van der Waals surface area contributed by atoms with Crippen LogP contribution in [0.3, 0.4) is 0 Å². The first-order valence-corrected chi connectivity index (χ1v) is 11.4. The van der Waals surface area contributed by atoms with Crippen LogP contribution in [0.1, 0.15) is 74.8 Å². The predicted octanol–water partition coefficient (Wildman–Crippen LogP) is 5.37. The highest BCUT2D eigenvalue weighted by atomic mass is 32.2. The maximum atomic E-state index is 5.13. The summed E-state index contributed by atoms with van der Waals surface area (Å²) >= 11 is 1.92. The van der Waals surface area contributed by atoms with Gasteiger partial charge in [0.15, 0.2) is 5.17 Å². The summed E-state index contributed by atoms with van der Waals surface area (Å²) in [5.74, 6) is 1.16. The van der Waals surface area contributed by atoms with Crippen LogP contribution in [0.5, 0.6) is 0 Å². The van der Waals surface area contributed by atoms with Crippen molar-refractivity contribution in [1.29, 1.82) is 0 Å². The van der Waals surface area contributed by atoms with Gasteiger partial charge in [0.1, 0.15) is 6.04 Å². The first kappa shape index (κ1) is 17.4. The van der Waals surface area contributed by atoms with Crippen LogP contribution in [-0.4, -0.2) is 31.4 Å². The number of fused-ring (bicyclic) bond motifs is 1. The molecule has 2 aromatic heterocycles. The van der Waals surface area contributed by atoms with E-state index >= 15 is 0 Å². The number of amidine groups is 1. The monoisotopic (exact) mass is 380 g/mol. The van der Waals surface area contributed by atoms with Gasteiger partial charge in [-0.1, -0.05) is 44.0 Å². The molecule has 0 amide bonds. The molecule has 0 aromatic carbocycles. The van der Waals surface area contributed by atoms with Gasteiger partial charge in [-0.2, -0.15) is 0 Å². The maximum Gasteiger partial charge on any atom is 0.160 e. The van der Waals surface area contributed by atoms with E-state index in [2.05, 4.69) is 52.0 Å². The van der Waals surface area contributed by atoms with Gasteiger partial charge in [0.2, 0.25) is 0 Å². The molecule has 0 N–H and O–H groups in total. The Morgan fingerprint density at radius 2 is 2.04 bits per heavy atom. The van der Waals surface area contributed by atoms with E-state index in [0.717, 1.165) is 11.4 Å². The second-order valence-corrected chi connectivity index (χ2v) is 9.01. The SMILES string of the molecule is CC[C@@H]1CSC2=N[C@H](c3ccccn3)[C@H](c3ccn(C4CCCCC4)c3)N21. The number of thioether (sulfide) groups is 1. The van der Waals surface area contributed by atoms with Crippen LogP contribution >= 0.6 is 11.8 Å². The Morgan fingerprint density at radius 3 is 2.81 bits per heavy atom. The molecular formula is C22H28N4S. The van der Waals surface area contributed by atoms with Crippen LogP contribution in [0.15, 0.2) is 47.8 Å². The highest BCUT2D eigenvalue weighted by Gasteiger charge is 2.45. The number of pyridine rings is 1. The fourth-order valence-electron chi connectivity index (χ4n) is 4.92. The molecule has 1 aliphatic carbocycles. The molecule has 1 saturated heterocycles. The Balaban J connectivity index is 1.50. The van der Waals surface area contributed by atoms with E-state index in [0.29, 0.717) is 12.1 Å². The van der Waals surface area contributed by atoms with Gasteiger partial charge in [0, 0.05) is 36.4 Å². The Hall–Kier alpha value is -1.75. The lowest BCUT2D eigenvalue weighted by Gasteiger charge is -2.31. The van der Waals surface area contributed by atoms with Gasteiger partial charge < -0.3 is 9.47 Å². The molecule has 5 heteroatoms. The summed E-state index contributed by atoms with van der Waals surface area (Å²) in [6, 6.07) is 10.2. The van der Waals surface area contributed by atoms with Gasteiger partial charge in [-0.15, -0.1) is 0 Å². The second-order valence-electron chi connectivity index (χ2n) is 8.02. The fourth-order valence-corrected chi connectivity index (χ4v) is 6.26. The third kappa shape index (κ3) is 3.10. The Bertz CT molecular complexity index is 809. The molecule has 27 heavy (non-hydrogen) atoms. The minimum Gasteiger partial charge on any atom is -0.351 e. The highest BCUT2D eigenvalue weighted by Crippen LogP contribution is 2.48. The number of hydrogen-bond donors (Lipinski definition) is 0. The topological polar surface area (TPSA) is 33.4 Å². The van der Waals surface area contributed by atoms with Gasteiger partial charge in [0.25, 0.3) is 0 Å². The molecule has 0 bridgehead atoms. The average Bonchev–Trinajstić information content (AvgIpc) is 3.44. The van der Waals surface area contributed by atoms with Crippen molar-refractivity contribution in [1.82, 2.24) is 14.5 Å². The van der Waals surface area contributed by atoms with Crippen molar-refractivity contribution in [2.75, 3.05) is 5.75 Å². The summed E-state index contributed by atoms with van der Waals surface area (Å²) in [5.41, 5.74) is 2.49. The Kier molecular flexibility index (Phi) is 4.72. The van der Waals surface area contributed by atoms with Crippen molar-refractivity contribution < 1.29 is 0 Å². The van der Waals surface area contributed by atoms with Crippen molar-refractivity contribution in [3.63, 3.8) is 0 Å². The quantitative estimate of drug-likeness (QED) is 0.715. The zero-order valence-corrected chi connectivity index (χ0v) is 16.8. The van der Waals surface area contributed by atoms with E-state index in [1.165, 1.54) is 49.3 Å². The lowest BCUT2D eigenvalue weighted by molar-refractivity contribution is 0.254. The number of aromatic nitrogens is 2. The van der Waals surface area contributed by atoms with Gasteiger partial charge in [0.05, 0.1) is 11.7 Å². The standard InChI is InChI=1S/C22H28N4S/c1-2-17-15-27-22-24-20(19-10-6-7-12-23-19)21(26(17)22)16-11-13-25(14-16)18-8-4-3-5-9-18/h6-7,10-14,17-18,20-21H,2-5,8-9,15H2,1H3/t17-,20-,21+/m1/s1. The minimum atomic E-state index is 0.102. The number of rotatable bonds is 4. The number of aliphatic imine (C=N–C) groups is 1. The molecule has 4 heterocycles. The molecule has 1 saturated carbocycles. The summed E-state index contributed by atoms with van der Waals surface area (Å²) in [5, 5.41) is 1.22. The summed E-state index contributed by atoms with van der Waals surface area (Å²) in [6.45, 7) is 2.30. The zero-order valence-electron chi connectivity index (χ0n) is 16.0. The highest BCUT2D eigenvalue weighted by molar-refractivity contribution is 8.14. The zero-order chi connectivity index (χ0) is 18.2. The summed E-state index contributed by atoms with van der Waals surface area (Å²) in [6.07, 6.45) is 14.6. The number of hydrogen-bond acceptors (Lipinski definition) is 4. The lowest BCUT2D eigenvalue weighted by atomic mass is 9.95. The third-order valence-electron chi connectivity index (χ3n) is 6.40. The van der Waals surface area contributed by atoms with Gasteiger partial charge in [-0.3, -0.25) is 9.98 Å². The molecule has 2 fully saturated rings. The van der Waals surface area contributed by atoms with Crippen LogP contribution in [0.4, 0.5) is 0 Å². The van der Waals surface area contributed by atoms with Gasteiger partial charge in [-0.05, 0) is 43.0 Å². The maximum absolute atomic E-state index is 5.13. The normalized spacial score (nSPS) is 28.4. The van der Waals surface area contributed by atoms with Crippen LogP contribution < -0.4 is 0 Å².